The molecular formula is C16H15F3N2O4S. The van der Waals surface area contributed by atoms with E-state index in [1.807, 2.05) is 0 Å². The number of carbonyl (C=O) groups excluding carboxylic acids is 1. The van der Waals surface area contributed by atoms with E-state index >= 15 is 0 Å². The molecule has 0 unspecified atom stereocenters. The van der Waals surface area contributed by atoms with Crippen LogP contribution >= 0.6 is 0 Å². The number of amides is 1. The quantitative estimate of drug-likeness (QED) is 0.741. The van der Waals surface area contributed by atoms with E-state index < -0.39 is 33.4 Å². The van der Waals surface area contributed by atoms with Gasteiger partial charge in [-0.15, -0.1) is 0 Å². The van der Waals surface area contributed by atoms with Crippen molar-refractivity contribution in [3.8, 4) is 0 Å². The third kappa shape index (κ3) is 4.21. The molecule has 0 fully saturated rings. The molecule has 0 saturated carbocycles. The van der Waals surface area contributed by atoms with Crippen LogP contribution < -0.4 is 5.32 Å². The maximum absolute atomic E-state index is 13.2. The topological polar surface area (TPSA) is 86.7 Å². The van der Waals surface area contributed by atoms with Gasteiger partial charge in [-0.2, -0.15) is 4.31 Å². The maximum Gasteiger partial charge on any atom is 0.255 e. The highest BCUT2D eigenvalue weighted by Crippen LogP contribution is 2.20. The number of aliphatic hydroxyl groups is 1. The van der Waals surface area contributed by atoms with E-state index in [1.165, 1.54) is 25.2 Å². The molecule has 0 aliphatic rings. The smallest absolute Gasteiger partial charge is 0.255 e. The Balaban J connectivity index is 2.29. The van der Waals surface area contributed by atoms with Crippen molar-refractivity contribution >= 4 is 21.6 Å². The zero-order valence-electron chi connectivity index (χ0n) is 13.5. The lowest BCUT2D eigenvalue weighted by Gasteiger charge is -2.16. The summed E-state index contributed by atoms with van der Waals surface area (Å²) in [4.78, 5) is 12.0. The molecule has 26 heavy (non-hydrogen) atoms. The molecule has 0 saturated heterocycles. The average Bonchev–Trinajstić information content (AvgIpc) is 2.59. The molecule has 0 aliphatic heterocycles. The van der Waals surface area contributed by atoms with Gasteiger partial charge < -0.3 is 10.4 Å². The number of rotatable bonds is 6. The Morgan fingerprint density at radius 2 is 1.77 bits per heavy atom. The monoisotopic (exact) mass is 388 g/mol. The Morgan fingerprint density at radius 1 is 1.15 bits per heavy atom. The Kier molecular flexibility index (Phi) is 6.01. The van der Waals surface area contributed by atoms with Gasteiger partial charge in [-0.3, -0.25) is 4.79 Å². The number of hydrogen-bond donors (Lipinski definition) is 2. The van der Waals surface area contributed by atoms with Gasteiger partial charge in [0.05, 0.1) is 11.5 Å². The first-order valence-electron chi connectivity index (χ1n) is 7.30. The van der Waals surface area contributed by atoms with Crippen LogP contribution in [-0.4, -0.2) is 43.9 Å². The Morgan fingerprint density at radius 3 is 2.35 bits per heavy atom. The normalized spacial score (nSPS) is 11.6. The average molecular weight is 388 g/mol. The van der Waals surface area contributed by atoms with E-state index in [2.05, 4.69) is 5.32 Å². The van der Waals surface area contributed by atoms with Gasteiger partial charge in [-0.05, 0) is 18.2 Å². The fraction of sp³-hybridized carbons (Fsp3) is 0.188. The summed E-state index contributed by atoms with van der Waals surface area (Å²) in [5.41, 5.74) is -0.411. The number of sulfonamides is 1. The molecule has 0 aromatic heterocycles. The van der Waals surface area contributed by atoms with Crippen molar-refractivity contribution in [2.24, 2.45) is 0 Å². The van der Waals surface area contributed by atoms with Gasteiger partial charge in [0.1, 0.15) is 0 Å². The van der Waals surface area contributed by atoms with E-state index in [-0.39, 0.29) is 29.3 Å². The summed E-state index contributed by atoms with van der Waals surface area (Å²) in [6.07, 6.45) is 0. The predicted octanol–water partition coefficient (Wildman–Crippen LogP) is 1.97. The summed E-state index contributed by atoms with van der Waals surface area (Å²) in [5.74, 6) is -5.44. The summed E-state index contributed by atoms with van der Waals surface area (Å²) in [7, 11) is -2.66. The number of benzene rings is 2. The first kappa shape index (κ1) is 19.9. The number of hydrogen-bond acceptors (Lipinski definition) is 4. The van der Waals surface area contributed by atoms with Gasteiger partial charge >= 0.3 is 0 Å². The number of aliphatic hydroxyl groups excluding tert-OH is 1. The summed E-state index contributed by atoms with van der Waals surface area (Å²) < 4.78 is 64.9. The SMILES string of the molecule is CN(CCO)S(=O)(=O)c1cccc(C(=O)Nc2cc(F)c(F)c(F)c2)c1. The molecule has 2 N–H and O–H groups in total. The molecule has 0 bridgehead atoms. The fourth-order valence-electron chi connectivity index (χ4n) is 2.07. The highest BCUT2D eigenvalue weighted by molar-refractivity contribution is 7.89. The lowest BCUT2D eigenvalue weighted by Crippen LogP contribution is -2.29. The van der Waals surface area contributed by atoms with E-state index in [1.54, 1.807) is 0 Å². The molecule has 0 aliphatic carbocycles. The zero-order valence-corrected chi connectivity index (χ0v) is 14.4. The van der Waals surface area contributed by atoms with Crippen LogP contribution in [0.5, 0.6) is 0 Å². The fourth-order valence-corrected chi connectivity index (χ4v) is 3.28. The molecule has 0 atom stereocenters. The molecule has 10 heteroatoms. The first-order valence-corrected chi connectivity index (χ1v) is 8.74. The van der Waals surface area contributed by atoms with Crippen LogP contribution in [0, 0.1) is 17.5 Å². The Hall–Kier alpha value is -2.43. The van der Waals surface area contributed by atoms with E-state index in [9.17, 15) is 26.4 Å². The van der Waals surface area contributed by atoms with Crippen molar-refractivity contribution in [2.45, 2.75) is 4.90 Å². The molecule has 2 aromatic rings. The molecular weight excluding hydrogens is 373 g/mol. The van der Waals surface area contributed by atoms with Gasteiger partial charge in [-0.25, -0.2) is 21.6 Å². The number of likely N-dealkylation sites (N-methyl/N-ethyl adjacent to an activating group) is 1. The van der Waals surface area contributed by atoms with Gasteiger partial charge in [0.25, 0.3) is 5.91 Å². The van der Waals surface area contributed by atoms with Crippen LogP contribution in [-0.2, 0) is 10.0 Å². The molecule has 140 valence electrons. The molecule has 0 spiro atoms. The van der Waals surface area contributed by atoms with E-state index in [4.69, 9.17) is 5.11 Å². The Labute approximate surface area is 147 Å². The second-order valence-electron chi connectivity index (χ2n) is 5.29. The minimum atomic E-state index is -3.93. The summed E-state index contributed by atoms with van der Waals surface area (Å²) >= 11 is 0. The summed E-state index contributed by atoms with van der Waals surface area (Å²) in [6, 6.07) is 6.17. The van der Waals surface area contributed by atoms with Crippen molar-refractivity contribution in [2.75, 3.05) is 25.5 Å². The second-order valence-corrected chi connectivity index (χ2v) is 7.33. The minimum Gasteiger partial charge on any atom is -0.395 e. The number of carbonyl (C=O) groups is 1. The van der Waals surface area contributed by atoms with E-state index in [0.29, 0.717) is 12.1 Å². The molecule has 2 rings (SSSR count). The van der Waals surface area contributed by atoms with Crippen LogP contribution in [0.3, 0.4) is 0 Å². The van der Waals surface area contributed by atoms with Crippen LogP contribution in [0.15, 0.2) is 41.3 Å². The van der Waals surface area contributed by atoms with Crippen molar-refractivity contribution < 1.29 is 31.5 Å². The minimum absolute atomic E-state index is 0.0892. The Bertz CT molecular complexity index is 912. The highest BCUT2D eigenvalue weighted by Gasteiger charge is 2.21. The molecule has 6 nitrogen and oxygen atoms in total. The standard InChI is InChI=1S/C16H15F3N2O4S/c1-21(5-6-22)26(24,25)12-4-2-3-10(7-12)16(23)20-11-8-13(17)15(19)14(18)9-11/h2-4,7-9,22H,5-6H2,1H3,(H,20,23). The van der Waals surface area contributed by atoms with Crippen molar-refractivity contribution in [1.82, 2.24) is 4.31 Å². The third-order valence-corrected chi connectivity index (χ3v) is 5.31. The van der Waals surface area contributed by atoms with Crippen molar-refractivity contribution in [3.63, 3.8) is 0 Å². The number of halogens is 3. The lowest BCUT2D eigenvalue weighted by molar-refractivity contribution is 0.102. The highest BCUT2D eigenvalue weighted by atomic mass is 32.2. The third-order valence-electron chi connectivity index (χ3n) is 3.46. The molecule has 2 aromatic carbocycles. The van der Waals surface area contributed by atoms with Gasteiger partial charge in [0, 0.05) is 37.0 Å². The second kappa shape index (κ2) is 7.85. The van der Waals surface area contributed by atoms with Crippen LogP contribution in [0.2, 0.25) is 0 Å². The maximum atomic E-state index is 13.2. The van der Waals surface area contributed by atoms with Gasteiger partial charge in [0.15, 0.2) is 17.5 Å². The summed E-state index contributed by atoms with van der Waals surface area (Å²) in [5, 5.41) is 11.0. The lowest BCUT2D eigenvalue weighted by atomic mass is 10.2. The number of nitrogens with one attached hydrogen (secondary N) is 1. The first-order chi connectivity index (χ1) is 12.2. The van der Waals surface area contributed by atoms with Gasteiger partial charge in [-0.1, -0.05) is 6.07 Å². The molecule has 0 heterocycles. The predicted molar refractivity (Wildman–Crippen MR) is 87.6 cm³/mol. The number of anilines is 1. The summed E-state index contributed by atoms with van der Waals surface area (Å²) in [6.45, 7) is -0.509. The molecule has 1 amide bonds. The van der Waals surface area contributed by atoms with Gasteiger partial charge in [0.2, 0.25) is 10.0 Å². The zero-order chi connectivity index (χ0) is 19.5. The van der Waals surface area contributed by atoms with Crippen LogP contribution in [0.4, 0.5) is 18.9 Å². The van der Waals surface area contributed by atoms with Crippen LogP contribution in [0.25, 0.3) is 0 Å². The van der Waals surface area contributed by atoms with Crippen LogP contribution in [0.1, 0.15) is 10.4 Å². The van der Waals surface area contributed by atoms with E-state index in [0.717, 1.165) is 10.4 Å². The van der Waals surface area contributed by atoms with Crippen molar-refractivity contribution in [1.29, 1.82) is 0 Å². The number of nitrogens with zero attached hydrogens (tertiary/aromatic N) is 1. The van der Waals surface area contributed by atoms with Crippen molar-refractivity contribution in [3.05, 3.63) is 59.4 Å². The molecule has 0 radical (unpaired) electrons. The largest absolute Gasteiger partial charge is 0.395 e.